The van der Waals surface area contributed by atoms with E-state index in [-0.39, 0.29) is 0 Å². The summed E-state index contributed by atoms with van der Waals surface area (Å²) < 4.78 is 7.03. The summed E-state index contributed by atoms with van der Waals surface area (Å²) in [5, 5.41) is 0. The Morgan fingerprint density at radius 3 is 2.56 bits per heavy atom. The molecular weight excluding hydrogens is 266 g/mol. The van der Waals surface area contributed by atoms with E-state index in [2.05, 4.69) is 35.0 Å². The van der Waals surface area contributed by atoms with Crippen molar-refractivity contribution in [2.24, 2.45) is 5.73 Å². The molecule has 1 aliphatic rings. The lowest BCUT2D eigenvalue weighted by molar-refractivity contribution is 0.146. The first-order chi connectivity index (χ1) is 7.65. The molecule has 0 heterocycles. The van der Waals surface area contributed by atoms with Crippen molar-refractivity contribution in [3.63, 3.8) is 0 Å². The zero-order valence-electron chi connectivity index (χ0n) is 9.58. The number of benzene rings is 1. The van der Waals surface area contributed by atoms with E-state index in [1.54, 1.807) is 0 Å². The zero-order chi connectivity index (χ0) is 11.5. The summed E-state index contributed by atoms with van der Waals surface area (Å²) in [6.07, 6.45) is 4.63. The quantitative estimate of drug-likeness (QED) is 0.903. The lowest BCUT2D eigenvalue weighted by Crippen LogP contribution is -2.31. The van der Waals surface area contributed by atoms with Gasteiger partial charge in [-0.1, -0.05) is 6.07 Å². The van der Waals surface area contributed by atoms with E-state index < -0.39 is 0 Å². The maximum absolute atomic E-state index is 5.99. The van der Waals surface area contributed by atoms with Gasteiger partial charge in [-0.05, 0) is 66.2 Å². The number of aryl methyl sites for hydroxylation is 1. The van der Waals surface area contributed by atoms with Crippen molar-refractivity contribution in [1.82, 2.24) is 0 Å². The van der Waals surface area contributed by atoms with Gasteiger partial charge in [0.15, 0.2) is 0 Å². The van der Waals surface area contributed by atoms with Crippen molar-refractivity contribution in [1.29, 1.82) is 0 Å². The lowest BCUT2D eigenvalue weighted by atomic mass is 9.94. The van der Waals surface area contributed by atoms with Crippen LogP contribution in [0.1, 0.15) is 31.2 Å². The molecule has 0 unspecified atom stereocenters. The summed E-state index contributed by atoms with van der Waals surface area (Å²) in [7, 11) is 0. The van der Waals surface area contributed by atoms with Gasteiger partial charge in [-0.2, -0.15) is 0 Å². The SMILES string of the molecule is Cc1ccc(OC2CCC(N)CC2)c(Br)c1. The van der Waals surface area contributed by atoms with Crippen LogP contribution >= 0.6 is 15.9 Å². The molecule has 2 rings (SSSR count). The summed E-state index contributed by atoms with van der Waals surface area (Å²) in [5.41, 5.74) is 7.12. The van der Waals surface area contributed by atoms with Crippen molar-refractivity contribution < 1.29 is 4.74 Å². The third-order valence-corrected chi connectivity index (χ3v) is 3.72. The van der Waals surface area contributed by atoms with Gasteiger partial charge in [-0.15, -0.1) is 0 Å². The molecule has 1 saturated carbocycles. The molecule has 3 heteroatoms. The smallest absolute Gasteiger partial charge is 0.133 e. The summed E-state index contributed by atoms with van der Waals surface area (Å²) >= 11 is 3.54. The van der Waals surface area contributed by atoms with Crippen LogP contribution in [-0.4, -0.2) is 12.1 Å². The molecule has 1 aliphatic carbocycles. The fourth-order valence-electron chi connectivity index (χ4n) is 2.09. The normalized spacial score (nSPS) is 25.4. The lowest BCUT2D eigenvalue weighted by Gasteiger charge is -2.27. The Labute approximate surface area is 105 Å². The molecule has 0 aliphatic heterocycles. The Hall–Kier alpha value is -0.540. The molecular formula is C13H18BrNO. The van der Waals surface area contributed by atoms with Crippen LogP contribution in [0.5, 0.6) is 5.75 Å². The van der Waals surface area contributed by atoms with Gasteiger partial charge >= 0.3 is 0 Å². The Balaban J connectivity index is 1.98. The maximum atomic E-state index is 5.99. The minimum atomic E-state index is 0.332. The van der Waals surface area contributed by atoms with Gasteiger partial charge in [0.05, 0.1) is 10.6 Å². The van der Waals surface area contributed by atoms with Crippen LogP contribution in [0, 0.1) is 6.92 Å². The van der Waals surface area contributed by atoms with Gasteiger partial charge in [0.2, 0.25) is 0 Å². The molecule has 2 N–H and O–H groups in total. The van der Waals surface area contributed by atoms with Crippen molar-refractivity contribution in [3.05, 3.63) is 28.2 Å². The molecule has 1 aromatic carbocycles. The fourth-order valence-corrected chi connectivity index (χ4v) is 2.67. The second kappa shape index (κ2) is 5.19. The van der Waals surface area contributed by atoms with Gasteiger partial charge in [0.1, 0.15) is 5.75 Å². The van der Waals surface area contributed by atoms with Crippen molar-refractivity contribution in [2.45, 2.75) is 44.8 Å². The predicted molar refractivity (Wildman–Crippen MR) is 69.7 cm³/mol. The van der Waals surface area contributed by atoms with Gasteiger partial charge < -0.3 is 10.5 Å². The standard InChI is InChI=1S/C13H18BrNO/c1-9-2-7-13(12(14)8-9)16-11-5-3-10(15)4-6-11/h2,7-8,10-11H,3-6,15H2,1H3. The first kappa shape index (κ1) is 11.9. The van der Waals surface area contributed by atoms with Crippen LogP contribution in [0.2, 0.25) is 0 Å². The van der Waals surface area contributed by atoms with E-state index >= 15 is 0 Å². The number of nitrogens with two attached hydrogens (primary N) is 1. The number of hydrogen-bond donors (Lipinski definition) is 1. The molecule has 1 fully saturated rings. The molecule has 0 atom stereocenters. The Morgan fingerprint density at radius 1 is 1.25 bits per heavy atom. The largest absolute Gasteiger partial charge is 0.489 e. The van der Waals surface area contributed by atoms with E-state index in [0.717, 1.165) is 35.9 Å². The van der Waals surface area contributed by atoms with Crippen molar-refractivity contribution in [3.8, 4) is 5.75 Å². The molecule has 0 aromatic heterocycles. The van der Waals surface area contributed by atoms with Crippen molar-refractivity contribution in [2.75, 3.05) is 0 Å². The third kappa shape index (κ3) is 2.98. The summed E-state index contributed by atoms with van der Waals surface area (Å²) in [6.45, 7) is 2.08. The van der Waals surface area contributed by atoms with E-state index in [9.17, 15) is 0 Å². The topological polar surface area (TPSA) is 35.2 Å². The minimum absolute atomic E-state index is 0.332. The number of hydrogen-bond acceptors (Lipinski definition) is 2. The molecule has 0 saturated heterocycles. The Bertz CT molecular complexity index is 359. The average Bonchev–Trinajstić information content (AvgIpc) is 2.25. The molecule has 0 bridgehead atoms. The average molecular weight is 284 g/mol. The van der Waals surface area contributed by atoms with E-state index in [1.165, 1.54) is 5.56 Å². The second-order valence-electron chi connectivity index (χ2n) is 4.59. The van der Waals surface area contributed by atoms with Crippen LogP contribution in [-0.2, 0) is 0 Å². The summed E-state index contributed by atoms with van der Waals surface area (Å²) in [6, 6.07) is 6.58. The first-order valence-corrected chi connectivity index (χ1v) is 6.63. The molecule has 2 nitrogen and oxygen atoms in total. The van der Waals surface area contributed by atoms with E-state index in [0.29, 0.717) is 12.1 Å². The summed E-state index contributed by atoms with van der Waals surface area (Å²) in [4.78, 5) is 0. The van der Waals surface area contributed by atoms with Gasteiger partial charge in [-0.3, -0.25) is 0 Å². The summed E-state index contributed by atoms with van der Waals surface area (Å²) in [5.74, 6) is 0.950. The van der Waals surface area contributed by atoms with Crippen LogP contribution in [0.25, 0.3) is 0 Å². The predicted octanol–water partition coefficient (Wildman–Crippen LogP) is 3.41. The highest BCUT2D eigenvalue weighted by atomic mass is 79.9. The molecule has 16 heavy (non-hydrogen) atoms. The monoisotopic (exact) mass is 283 g/mol. The van der Waals surface area contributed by atoms with Crippen LogP contribution in [0.4, 0.5) is 0 Å². The molecule has 0 spiro atoms. The van der Waals surface area contributed by atoms with Crippen LogP contribution in [0.3, 0.4) is 0 Å². The zero-order valence-corrected chi connectivity index (χ0v) is 11.2. The first-order valence-electron chi connectivity index (χ1n) is 5.83. The van der Waals surface area contributed by atoms with E-state index in [1.807, 2.05) is 6.07 Å². The minimum Gasteiger partial charge on any atom is -0.489 e. The van der Waals surface area contributed by atoms with Crippen molar-refractivity contribution >= 4 is 15.9 Å². The maximum Gasteiger partial charge on any atom is 0.133 e. The Kier molecular flexibility index (Phi) is 3.87. The molecule has 88 valence electrons. The van der Waals surface area contributed by atoms with Crippen LogP contribution in [0.15, 0.2) is 22.7 Å². The number of halogens is 1. The number of rotatable bonds is 2. The second-order valence-corrected chi connectivity index (χ2v) is 5.44. The molecule has 1 aromatic rings. The Morgan fingerprint density at radius 2 is 1.94 bits per heavy atom. The highest BCUT2D eigenvalue weighted by Crippen LogP contribution is 2.29. The van der Waals surface area contributed by atoms with E-state index in [4.69, 9.17) is 10.5 Å². The molecule has 0 radical (unpaired) electrons. The van der Waals surface area contributed by atoms with Gasteiger partial charge in [-0.25, -0.2) is 0 Å². The fraction of sp³-hybridized carbons (Fsp3) is 0.538. The van der Waals surface area contributed by atoms with Crippen LogP contribution < -0.4 is 10.5 Å². The molecule has 0 amide bonds. The highest BCUT2D eigenvalue weighted by molar-refractivity contribution is 9.10. The van der Waals surface area contributed by atoms with Gasteiger partial charge in [0, 0.05) is 6.04 Å². The highest BCUT2D eigenvalue weighted by Gasteiger charge is 2.20. The van der Waals surface area contributed by atoms with Gasteiger partial charge in [0.25, 0.3) is 0 Å². The number of ether oxygens (including phenoxy) is 1. The third-order valence-electron chi connectivity index (χ3n) is 3.10.